The molecular formula is C18H15ClN2O. The second-order valence-corrected chi connectivity index (χ2v) is 6.15. The fraction of sp³-hybridized carbons (Fsp3) is 0.167. The van der Waals surface area contributed by atoms with Crippen LogP contribution in [-0.2, 0) is 5.60 Å². The van der Waals surface area contributed by atoms with Crippen molar-refractivity contribution in [3.05, 3.63) is 71.5 Å². The monoisotopic (exact) mass is 310 g/mol. The molecule has 0 aliphatic carbocycles. The molecule has 0 spiro atoms. The van der Waals surface area contributed by atoms with Gasteiger partial charge >= 0.3 is 0 Å². The zero-order chi connectivity index (χ0) is 15.2. The molecule has 0 unspecified atom stereocenters. The van der Waals surface area contributed by atoms with Gasteiger partial charge in [0, 0.05) is 12.4 Å². The van der Waals surface area contributed by atoms with Crippen LogP contribution in [0.5, 0.6) is 0 Å². The van der Waals surface area contributed by atoms with E-state index in [1.165, 1.54) is 0 Å². The van der Waals surface area contributed by atoms with Crippen molar-refractivity contribution >= 4 is 28.1 Å². The molecule has 3 nitrogen and oxygen atoms in total. The zero-order valence-corrected chi connectivity index (χ0v) is 12.7. The molecule has 0 bridgehead atoms. The van der Waals surface area contributed by atoms with Crippen LogP contribution in [0.2, 0.25) is 5.02 Å². The van der Waals surface area contributed by atoms with Crippen LogP contribution in [0.15, 0.2) is 60.9 Å². The van der Waals surface area contributed by atoms with Crippen LogP contribution in [-0.4, -0.2) is 23.2 Å². The summed E-state index contributed by atoms with van der Waals surface area (Å²) >= 11 is 6.18. The molecule has 1 aromatic heterocycles. The smallest absolute Gasteiger partial charge is 0.125 e. The number of aliphatic hydroxyl groups is 1. The van der Waals surface area contributed by atoms with Gasteiger partial charge in [-0.05, 0) is 22.4 Å². The van der Waals surface area contributed by atoms with Crippen LogP contribution in [0.4, 0.5) is 5.69 Å². The third-order valence-electron chi connectivity index (χ3n) is 4.29. The zero-order valence-electron chi connectivity index (χ0n) is 11.9. The lowest BCUT2D eigenvalue weighted by atomic mass is 9.83. The summed E-state index contributed by atoms with van der Waals surface area (Å²) in [6, 6.07) is 16.1. The molecule has 4 rings (SSSR count). The van der Waals surface area contributed by atoms with E-state index in [0.717, 1.165) is 22.0 Å². The first-order chi connectivity index (χ1) is 10.7. The van der Waals surface area contributed by atoms with Crippen LogP contribution >= 0.6 is 11.6 Å². The first-order valence-electron chi connectivity index (χ1n) is 7.22. The minimum absolute atomic E-state index is 0.532. The van der Waals surface area contributed by atoms with E-state index >= 15 is 0 Å². The van der Waals surface area contributed by atoms with Gasteiger partial charge in [-0.25, -0.2) is 0 Å². The molecule has 1 aliphatic rings. The lowest BCUT2D eigenvalue weighted by molar-refractivity contribution is 0.00898. The Kier molecular flexibility index (Phi) is 3.06. The van der Waals surface area contributed by atoms with E-state index in [4.69, 9.17) is 11.6 Å². The predicted molar refractivity (Wildman–Crippen MR) is 89.3 cm³/mol. The van der Waals surface area contributed by atoms with Gasteiger partial charge in [-0.2, -0.15) is 0 Å². The molecule has 0 saturated carbocycles. The van der Waals surface area contributed by atoms with E-state index in [1.807, 2.05) is 30.3 Å². The molecule has 1 aliphatic heterocycles. The van der Waals surface area contributed by atoms with E-state index in [2.05, 4.69) is 28.1 Å². The Morgan fingerprint density at radius 2 is 1.82 bits per heavy atom. The van der Waals surface area contributed by atoms with Gasteiger partial charge in [-0.15, -0.1) is 0 Å². The molecule has 1 N–H and O–H groups in total. The standard InChI is InChI=1S/C18H15ClN2O/c19-16-10-20-9-8-17(16)21-11-18(22,12-21)15-7-3-5-13-4-1-2-6-14(13)15/h1-10,22H,11-12H2. The van der Waals surface area contributed by atoms with Gasteiger partial charge in [0.25, 0.3) is 0 Å². The number of fused-ring (bicyclic) bond motifs is 1. The molecule has 110 valence electrons. The Morgan fingerprint density at radius 1 is 1.05 bits per heavy atom. The maximum absolute atomic E-state index is 11.0. The van der Waals surface area contributed by atoms with Gasteiger partial charge in [0.15, 0.2) is 0 Å². The number of hydrogen-bond donors (Lipinski definition) is 1. The second-order valence-electron chi connectivity index (χ2n) is 5.74. The largest absolute Gasteiger partial charge is 0.381 e. The summed E-state index contributed by atoms with van der Waals surface area (Å²) in [7, 11) is 0. The van der Waals surface area contributed by atoms with Crippen LogP contribution in [0, 0.1) is 0 Å². The fourth-order valence-electron chi connectivity index (χ4n) is 3.18. The lowest BCUT2D eigenvalue weighted by Gasteiger charge is -2.48. The average Bonchev–Trinajstić information content (AvgIpc) is 2.52. The summed E-state index contributed by atoms with van der Waals surface area (Å²) in [5.74, 6) is 0. The number of β-amino-alcohol motifs (C(OH)–C–C–N with tert-alkyl or cyclic N) is 1. The van der Waals surface area contributed by atoms with Crippen molar-refractivity contribution < 1.29 is 5.11 Å². The summed E-state index contributed by atoms with van der Waals surface area (Å²) in [6.45, 7) is 1.06. The second kappa shape index (κ2) is 4.97. The van der Waals surface area contributed by atoms with Crippen molar-refractivity contribution in [1.82, 2.24) is 4.98 Å². The number of rotatable bonds is 2. The highest BCUT2D eigenvalue weighted by Gasteiger charge is 2.44. The summed E-state index contributed by atoms with van der Waals surface area (Å²) in [6.07, 6.45) is 3.35. The number of halogens is 1. The van der Waals surface area contributed by atoms with Crippen molar-refractivity contribution in [3.63, 3.8) is 0 Å². The van der Waals surface area contributed by atoms with Gasteiger partial charge < -0.3 is 10.0 Å². The van der Waals surface area contributed by atoms with Crippen LogP contribution < -0.4 is 4.90 Å². The van der Waals surface area contributed by atoms with Gasteiger partial charge in [0.1, 0.15) is 5.60 Å². The maximum Gasteiger partial charge on any atom is 0.125 e. The Labute approximate surface area is 133 Å². The number of anilines is 1. The number of aromatic nitrogens is 1. The van der Waals surface area contributed by atoms with E-state index < -0.39 is 5.60 Å². The Bertz CT molecular complexity index is 838. The van der Waals surface area contributed by atoms with Gasteiger partial charge in [0.05, 0.1) is 23.8 Å². The van der Waals surface area contributed by atoms with Gasteiger partial charge in [0.2, 0.25) is 0 Å². The van der Waals surface area contributed by atoms with Crippen molar-refractivity contribution in [1.29, 1.82) is 0 Å². The minimum atomic E-state index is -0.840. The van der Waals surface area contributed by atoms with E-state index in [1.54, 1.807) is 12.4 Å². The molecule has 0 atom stereocenters. The molecule has 2 heterocycles. The Hall–Kier alpha value is -2.10. The molecule has 1 fully saturated rings. The molecule has 0 radical (unpaired) electrons. The summed E-state index contributed by atoms with van der Waals surface area (Å²) in [4.78, 5) is 6.08. The lowest BCUT2D eigenvalue weighted by Crippen LogP contribution is -2.59. The van der Waals surface area contributed by atoms with Crippen molar-refractivity contribution in [2.75, 3.05) is 18.0 Å². The summed E-state index contributed by atoms with van der Waals surface area (Å²) < 4.78 is 0. The molecule has 2 aromatic carbocycles. The highest BCUT2D eigenvalue weighted by molar-refractivity contribution is 6.33. The topological polar surface area (TPSA) is 36.4 Å². The van der Waals surface area contributed by atoms with Crippen LogP contribution in [0.25, 0.3) is 10.8 Å². The molecule has 0 amide bonds. The molecular weight excluding hydrogens is 296 g/mol. The van der Waals surface area contributed by atoms with Crippen LogP contribution in [0.3, 0.4) is 0 Å². The predicted octanol–water partition coefficient (Wildman–Crippen LogP) is 3.60. The summed E-state index contributed by atoms with van der Waals surface area (Å²) in [5, 5.41) is 13.9. The molecule has 3 aromatic rings. The fourth-order valence-corrected chi connectivity index (χ4v) is 3.42. The Morgan fingerprint density at radius 3 is 2.64 bits per heavy atom. The minimum Gasteiger partial charge on any atom is -0.381 e. The van der Waals surface area contributed by atoms with Gasteiger partial charge in [-0.1, -0.05) is 54.1 Å². The van der Waals surface area contributed by atoms with Crippen molar-refractivity contribution in [2.45, 2.75) is 5.60 Å². The quantitative estimate of drug-likeness (QED) is 0.785. The van der Waals surface area contributed by atoms with E-state index in [0.29, 0.717) is 18.1 Å². The normalized spacial score (nSPS) is 16.5. The number of pyridine rings is 1. The number of benzene rings is 2. The highest BCUT2D eigenvalue weighted by Crippen LogP contribution is 2.40. The van der Waals surface area contributed by atoms with Gasteiger partial charge in [-0.3, -0.25) is 4.98 Å². The highest BCUT2D eigenvalue weighted by atomic mass is 35.5. The molecule has 4 heteroatoms. The summed E-state index contributed by atoms with van der Waals surface area (Å²) in [5.41, 5.74) is 1.06. The first kappa shape index (κ1) is 13.6. The third-order valence-corrected chi connectivity index (χ3v) is 4.58. The number of hydrogen-bond acceptors (Lipinski definition) is 3. The van der Waals surface area contributed by atoms with Crippen molar-refractivity contribution in [3.8, 4) is 0 Å². The van der Waals surface area contributed by atoms with E-state index in [-0.39, 0.29) is 0 Å². The van der Waals surface area contributed by atoms with Crippen molar-refractivity contribution in [2.24, 2.45) is 0 Å². The Balaban J connectivity index is 1.68. The molecule has 1 saturated heterocycles. The number of nitrogens with zero attached hydrogens (tertiary/aromatic N) is 2. The maximum atomic E-state index is 11.0. The average molecular weight is 311 g/mol. The van der Waals surface area contributed by atoms with E-state index in [9.17, 15) is 5.11 Å². The third kappa shape index (κ3) is 2.05. The first-order valence-corrected chi connectivity index (χ1v) is 7.60. The van der Waals surface area contributed by atoms with Crippen LogP contribution in [0.1, 0.15) is 5.56 Å². The molecule has 22 heavy (non-hydrogen) atoms. The SMILES string of the molecule is OC1(c2cccc3ccccc23)CN(c2ccncc2Cl)C1.